The summed E-state index contributed by atoms with van der Waals surface area (Å²) >= 11 is 0. The number of ether oxygens (including phenoxy) is 2. The maximum absolute atomic E-state index is 12.6. The molecule has 1 unspecified atom stereocenters. The number of nitrogens with one attached hydrogen (secondary N) is 2. The predicted octanol–water partition coefficient (Wildman–Crippen LogP) is 1.97. The van der Waals surface area contributed by atoms with Gasteiger partial charge in [-0.05, 0) is 24.3 Å². The average Bonchev–Trinajstić information content (AvgIpc) is 3.15. The van der Waals surface area contributed by atoms with Crippen LogP contribution in [0.1, 0.15) is 24.4 Å². The zero-order valence-electron chi connectivity index (χ0n) is 15.9. The van der Waals surface area contributed by atoms with Gasteiger partial charge in [0.05, 0.1) is 31.3 Å². The Morgan fingerprint density at radius 1 is 1.25 bits per heavy atom. The molecular formula is C20H24N3O5+. The lowest BCUT2D eigenvalue weighted by Gasteiger charge is -2.23. The van der Waals surface area contributed by atoms with E-state index in [-0.39, 0.29) is 29.9 Å². The van der Waals surface area contributed by atoms with Crippen molar-refractivity contribution in [1.29, 1.82) is 0 Å². The molecule has 0 aromatic heterocycles. The number of carbonyl (C=O) groups is 1. The Kier molecular flexibility index (Phi) is 6.10. The fourth-order valence-electron chi connectivity index (χ4n) is 3.75. The summed E-state index contributed by atoms with van der Waals surface area (Å²) in [4.78, 5) is 24.3. The number of nitro groups is 1. The van der Waals surface area contributed by atoms with Crippen molar-refractivity contribution in [2.24, 2.45) is 0 Å². The van der Waals surface area contributed by atoms with Crippen LogP contribution in [0.3, 0.4) is 0 Å². The van der Waals surface area contributed by atoms with E-state index in [0.29, 0.717) is 0 Å². The third-order valence-electron chi connectivity index (χ3n) is 5.06. The summed E-state index contributed by atoms with van der Waals surface area (Å²) in [5, 5.41) is 13.8. The molecule has 28 heavy (non-hydrogen) atoms. The molecule has 2 N–H and O–H groups in total. The lowest BCUT2D eigenvalue weighted by molar-refractivity contribution is -0.910. The predicted molar refractivity (Wildman–Crippen MR) is 104 cm³/mol. The van der Waals surface area contributed by atoms with E-state index >= 15 is 0 Å². The van der Waals surface area contributed by atoms with Gasteiger partial charge in [0.2, 0.25) is 0 Å². The van der Waals surface area contributed by atoms with E-state index in [4.69, 9.17) is 9.47 Å². The molecule has 2 aromatic rings. The van der Waals surface area contributed by atoms with Crippen molar-refractivity contribution in [3.63, 3.8) is 0 Å². The number of methoxy groups -OCH3 is 2. The Labute approximate surface area is 163 Å². The molecule has 0 spiro atoms. The van der Waals surface area contributed by atoms with E-state index in [0.717, 1.165) is 41.3 Å². The molecule has 1 aliphatic heterocycles. The van der Waals surface area contributed by atoms with Gasteiger partial charge in [-0.3, -0.25) is 14.9 Å². The van der Waals surface area contributed by atoms with Gasteiger partial charge in [-0.15, -0.1) is 0 Å². The molecule has 0 bridgehead atoms. The van der Waals surface area contributed by atoms with Crippen LogP contribution in [-0.2, 0) is 4.79 Å². The molecule has 1 aliphatic rings. The minimum absolute atomic E-state index is 0.0987. The summed E-state index contributed by atoms with van der Waals surface area (Å²) in [6.07, 6.45) is 1.91. The monoisotopic (exact) mass is 386 g/mol. The second kappa shape index (κ2) is 8.71. The second-order valence-electron chi connectivity index (χ2n) is 6.71. The molecule has 8 heteroatoms. The molecular weight excluding hydrogens is 362 g/mol. The van der Waals surface area contributed by atoms with Crippen LogP contribution >= 0.6 is 0 Å². The summed E-state index contributed by atoms with van der Waals surface area (Å²) in [5.41, 5.74) is 1.11. The van der Waals surface area contributed by atoms with Crippen LogP contribution in [0.15, 0.2) is 42.5 Å². The Morgan fingerprint density at radius 2 is 2.04 bits per heavy atom. The summed E-state index contributed by atoms with van der Waals surface area (Å²) in [7, 11) is 3.24. The lowest BCUT2D eigenvalue weighted by atomic mass is 10.0. The Morgan fingerprint density at radius 3 is 2.75 bits per heavy atom. The zero-order chi connectivity index (χ0) is 20.1. The van der Waals surface area contributed by atoms with Gasteiger partial charge in [0.1, 0.15) is 23.2 Å². The third-order valence-corrected chi connectivity index (χ3v) is 5.06. The lowest BCUT2D eigenvalue weighted by Crippen LogP contribution is -3.11. The number of anilines is 1. The SMILES string of the molecule is COc1ccc(OC)c([C@H]2CCC[NH+]2CC(=O)Nc2ccccc2[N+](=O)[O-])c1. The van der Waals surface area contributed by atoms with Crippen molar-refractivity contribution < 1.29 is 24.1 Å². The molecule has 2 aromatic carbocycles. The first-order valence-corrected chi connectivity index (χ1v) is 9.13. The summed E-state index contributed by atoms with van der Waals surface area (Å²) in [6, 6.07) is 11.9. The van der Waals surface area contributed by atoms with Crippen LogP contribution in [0, 0.1) is 10.1 Å². The number of rotatable bonds is 7. The smallest absolute Gasteiger partial charge is 0.292 e. The summed E-state index contributed by atoms with van der Waals surface area (Å²) < 4.78 is 10.8. The van der Waals surface area contributed by atoms with Crippen LogP contribution < -0.4 is 19.7 Å². The van der Waals surface area contributed by atoms with Crippen molar-refractivity contribution in [1.82, 2.24) is 0 Å². The number of nitro benzene ring substituents is 1. The minimum Gasteiger partial charge on any atom is -0.497 e. The van der Waals surface area contributed by atoms with E-state index in [1.54, 1.807) is 26.4 Å². The summed E-state index contributed by atoms with van der Waals surface area (Å²) in [5.74, 6) is 1.26. The molecule has 0 aliphatic carbocycles. The van der Waals surface area contributed by atoms with E-state index in [2.05, 4.69) is 5.32 Å². The maximum Gasteiger partial charge on any atom is 0.292 e. The first kappa shape index (κ1) is 19.6. The Bertz CT molecular complexity index is 871. The highest BCUT2D eigenvalue weighted by atomic mass is 16.6. The van der Waals surface area contributed by atoms with Gasteiger partial charge in [0.15, 0.2) is 6.54 Å². The van der Waals surface area contributed by atoms with E-state index in [9.17, 15) is 14.9 Å². The van der Waals surface area contributed by atoms with Crippen molar-refractivity contribution >= 4 is 17.3 Å². The molecule has 0 saturated carbocycles. The van der Waals surface area contributed by atoms with Crippen LogP contribution in [0.25, 0.3) is 0 Å². The van der Waals surface area contributed by atoms with Crippen molar-refractivity contribution in [3.8, 4) is 11.5 Å². The number of likely N-dealkylation sites (tertiary alicyclic amines) is 1. The molecule has 0 radical (unpaired) electrons. The van der Waals surface area contributed by atoms with Gasteiger partial charge in [-0.1, -0.05) is 12.1 Å². The van der Waals surface area contributed by atoms with Gasteiger partial charge in [0.25, 0.3) is 11.6 Å². The standard InChI is InChI=1S/C20H23N3O5/c1-27-14-9-10-19(28-2)15(12-14)17-8-5-11-22(17)13-20(24)21-16-6-3-4-7-18(16)23(25)26/h3-4,6-7,9-10,12,17H,5,8,11,13H2,1-2H3,(H,21,24)/p+1/t17-/m1/s1. The second-order valence-corrected chi connectivity index (χ2v) is 6.71. The number of hydrogen-bond acceptors (Lipinski definition) is 5. The van der Waals surface area contributed by atoms with E-state index < -0.39 is 4.92 Å². The van der Waals surface area contributed by atoms with Crippen LogP contribution in [0.2, 0.25) is 0 Å². The van der Waals surface area contributed by atoms with Crippen LogP contribution in [0.5, 0.6) is 11.5 Å². The number of quaternary nitrogens is 1. The number of nitrogens with zero attached hydrogens (tertiary/aromatic N) is 1. The highest BCUT2D eigenvalue weighted by Gasteiger charge is 2.34. The molecule has 8 nitrogen and oxygen atoms in total. The van der Waals surface area contributed by atoms with E-state index in [1.165, 1.54) is 12.1 Å². The average molecular weight is 386 g/mol. The van der Waals surface area contributed by atoms with Gasteiger partial charge in [-0.25, -0.2) is 0 Å². The zero-order valence-corrected chi connectivity index (χ0v) is 15.9. The minimum atomic E-state index is -0.498. The first-order valence-electron chi connectivity index (χ1n) is 9.13. The number of hydrogen-bond donors (Lipinski definition) is 2. The fourth-order valence-corrected chi connectivity index (χ4v) is 3.75. The molecule has 148 valence electrons. The largest absolute Gasteiger partial charge is 0.497 e. The molecule has 3 rings (SSSR count). The number of carbonyl (C=O) groups excluding carboxylic acids is 1. The molecule has 1 heterocycles. The fraction of sp³-hybridized carbons (Fsp3) is 0.350. The topological polar surface area (TPSA) is 95.1 Å². The van der Waals surface area contributed by atoms with E-state index in [1.807, 2.05) is 18.2 Å². The molecule has 2 atom stereocenters. The maximum atomic E-state index is 12.6. The molecule has 1 amide bonds. The highest BCUT2D eigenvalue weighted by molar-refractivity contribution is 5.93. The summed E-state index contributed by atoms with van der Waals surface area (Å²) in [6.45, 7) is 1.06. The number of amides is 1. The van der Waals surface area contributed by atoms with Gasteiger partial charge in [-0.2, -0.15) is 0 Å². The Balaban J connectivity index is 1.76. The molecule has 1 fully saturated rings. The van der Waals surface area contributed by atoms with Crippen molar-refractivity contribution in [2.75, 3.05) is 32.6 Å². The van der Waals surface area contributed by atoms with Gasteiger partial charge in [0, 0.05) is 18.9 Å². The molecule has 1 saturated heterocycles. The van der Waals surface area contributed by atoms with Crippen LogP contribution in [-0.4, -0.2) is 38.1 Å². The normalized spacial score (nSPS) is 18.5. The van der Waals surface area contributed by atoms with Gasteiger partial charge < -0.3 is 19.7 Å². The number of para-hydroxylation sites is 2. The van der Waals surface area contributed by atoms with Gasteiger partial charge >= 0.3 is 0 Å². The van der Waals surface area contributed by atoms with Crippen molar-refractivity contribution in [2.45, 2.75) is 18.9 Å². The quantitative estimate of drug-likeness (QED) is 0.560. The highest BCUT2D eigenvalue weighted by Crippen LogP contribution is 2.31. The first-order chi connectivity index (χ1) is 13.5. The van der Waals surface area contributed by atoms with Crippen LogP contribution in [0.4, 0.5) is 11.4 Å². The number of benzene rings is 2. The third kappa shape index (κ3) is 4.23. The Hall–Kier alpha value is -3.13. The van der Waals surface area contributed by atoms with Crippen molar-refractivity contribution in [3.05, 3.63) is 58.1 Å².